The van der Waals surface area contributed by atoms with Gasteiger partial charge in [0.15, 0.2) is 9.84 Å². The minimum absolute atomic E-state index is 0.0677. The Morgan fingerprint density at radius 3 is 2.58 bits per heavy atom. The lowest BCUT2D eigenvalue weighted by atomic mass is 9.98. The second-order valence-electron chi connectivity index (χ2n) is 9.08. The maximum Gasteiger partial charge on any atom is 0.341 e. The normalized spacial score (nSPS) is 17.9. The van der Waals surface area contributed by atoms with Crippen LogP contribution in [0.5, 0.6) is 5.75 Å². The largest absolute Gasteiger partial charge is 0.493 e. The second-order valence-corrected chi connectivity index (χ2v) is 12.5. The molecule has 1 atom stereocenters. The summed E-state index contributed by atoms with van der Waals surface area (Å²) in [5, 5.41) is 9.30. The summed E-state index contributed by atoms with van der Waals surface area (Å²) in [6.45, 7) is 4.28. The molecule has 0 bridgehead atoms. The monoisotopic (exact) mass is 530 g/mol. The highest BCUT2D eigenvalue weighted by Crippen LogP contribution is 2.50. The zero-order valence-electron chi connectivity index (χ0n) is 20.1. The summed E-state index contributed by atoms with van der Waals surface area (Å²) in [6, 6.07) is 4.31. The molecule has 1 aromatic carbocycles. The van der Waals surface area contributed by atoms with Gasteiger partial charge in [0.2, 0.25) is 0 Å². The predicted octanol–water partition coefficient (Wildman–Crippen LogP) is 4.24. The average Bonchev–Trinajstić information content (AvgIpc) is 3.58. The number of hydrogen-bond acceptors (Lipinski definition) is 8. The van der Waals surface area contributed by atoms with Crippen molar-refractivity contribution in [1.29, 1.82) is 0 Å². The molecule has 1 saturated carbocycles. The van der Waals surface area contributed by atoms with Crippen molar-refractivity contribution in [2.45, 2.75) is 49.3 Å². The van der Waals surface area contributed by atoms with Crippen molar-refractivity contribution in [3.8, 4) is 27.6 Å². The zero-order chi connectivity index (χ0) is 25.8. The molecule has 1 aliphatic carbocycles. The first kappa shape index (κ1) is 24.7. The van der Waals surface area contributed by atoms with Gasteiger partial charge in [0.25, 0.3) is 5.56 Å². The van der Waals surface area contributed by atoms with E-state index in [4.69, 9.17) is 9.47 Å². The van der Waals surface area contributed by atoms with Crippen molar-refractivity contribution in [3.63, 3.8) is 0 Å². The molecule has 1 aliphatic heterocycles. The Bertz CT molecular complexity index is 1530. The number of hydrogen-bond donors (Lipinski definition) is 1. The van der Waals surface area contributed by atoms with Gasteiger partial charge < -0.3 is 19.1 Å². The fourth-order valence-corrected chi connectivity index (χ4v) is 6.99. The number of aryl methyl sites for hydroxylation is 1. The molecule has 11 heteroatoms. The van der Waals surface area contributed by atoms with Crippen LogP contribution in [0.1, 0.15) is 58.3 Å². The summed E-state index contributed by atoms with van der Waals surface area (Å²) < 4.78 is 40.0. The number of fused-ring (bicyclic) bond motifs is 3. The van der Waals surface area contributed by atoms with E-state index in [0.717, 1.165) is 17.7 Å². The molecule has 3 heterocycles. The van der Waals surface area contributed by atoms with Crippen molar-refractivity contribution >= 4 is 27.1 Å². The lowest BCUT2D eigenvalue weighted by Crippen LogP contribution is -2.31. The number of pyridine rings is 1. The molecule has 0 saturated heterocycles. The summed E-state index contributed by atoms with van der Waals surface area (Å²) in [6.07, 6.45) is 3.81. The molecule has 1 N–H and O–H groups in total. The SMILES string of the molecule is COCCCOc1cc2c(cc1-c1ncc(C)s1)-c1c(cc(C(=O)O)c(=O)n1C1CC1)C(C)S2(=O)=O. The number of carboxylic acid groups (broad SMARTS) is 1. The van der Waals surface area contributed by atoms with E-state index in [9.17, 15) is 23.1 Å². The van der Waals surface area contributed by atoms with Crippen LogP contribution in [-0.2, 0) is 14.6 Å². The number of thiazole rings is 1. The third-order valence-corrected chi connectivity index (χ3v) is 9.64. The van der Waals surface area contributed by atoms with Crippen LogP contribution in [0.25, 0.3) is 21.8 Å². The molecule has 2 aromatic heterocycles. The molecular formula is C25H26N2O7S2. The van der Waals surface area contributed by atoms with E-state index in [0.29, 0.717) is 52.8 Å². The molecule has 5 rings (SSSR count). The Kier molecular flexibility index (Phi) is 6.26. The van der Waals surface area contributed by atoms with E-state index in [1.54, 1.807) is 19.4 Å². The Balaban J connectivity index is 1.81. The molecule has 0 spiro atoms. The maximum atomic E-state index is 13.7. The Hall–Kier alpha value is -3.02. The van der Waals surface area contributed by atoms with Crippen molar-refractivity contribution < 1.29 is 27.8 Å². The maximum absolute atomic E-state index is 13.7. The van der Waals surface area contributed by atoms with Crippen LogP contribution >= 0.6 is 11.3 Å². The minimum Gasteiger partial charge on any atom is -0.493 e. The first-order chi connectivity index (χ1) is 17.1. The number of carboxylic acids is 1. The van der Waals surface area contributed by atoms with Gasteiger partial charge in [-0.05, 0) is 44.4 Å². The summed E-state index contributed by atoms with van der Waals surface area (Å²) in [5.41, 5.74) is 0.743. The lowest BCUT2D eigenvalue weighted by Gasteiger charge is -2.29. The fourth-order valence-electron chi connectivity index (χ4n) is 4.58. The number of aromatic carboxylic acids is 1. The first-order valence-corrected chi connectivity index (χ1v) is 14.0. The van der Waals surface area contributed by atoms with Gasteiger partial charge in [-0.3, -0.25) is 4.79 Å². The first-order valence-electron chi connectivity index (χ1n) is 11.6. The van der Waals surface area contributed by atoms with Crippen molar-refractivity contribution in [2.75, 3.05) is 20.3 Å². The van der Waals surface area contributed by atoms with E-state index in [1.807, 2.05) is 6.92 Å². The van der Waals surface area contributed by atoms with E-state index in [2.05, 4.69) is 4.98 Å². The molecule has 1 fully saturated rings. The molecule has 0 amide bonds. The van der Waals surface area contributed by atoms with Crippen molar-refractivity contribution in [2.24, 2.45) is 0 Å². The second kappa shape index (κ2) is 9.13. The molecule has 9 nitrogen and oxygen atoms in total. The minimum atomic E-state index is -3.89. The number of aromatic nitrogens is 2. The van der Waals surface area contributed by atoms with Gasteiger partial charge in [-0.2, -0.15) is 0 Å². The number of methoxy groups -OCH3 is 1. The quantitative estimate of drug-likeness (QED) is 0.429. The predicted molar refractivity (Wildman–Crippen MR) is 135 cm³/mol. The molecule has 190 valence electrons. The molecule has 1 unspecified atom stereocenters. The highest BCUT2D eigenvalue weighted by Gasteiger charge is 2.41. The van der Waals surface area contributed by atoms with Crippen molar-refractivity contribution in [3.05, 3.63) is 50.8 Å². The van der Waals surface area contributed by atoms with E-state index < -0.39 is 32.2 Å². The van der Waals surface area contributed by atoms with Gasteiger partial charge in [-0.1, -0.05) is 0 Å². The van der Waals surface area contributed by atoms with Crippen molar-refractivity contribution in [1.82, 2.24) is 9.55 Å². The third-order valence-electron chi connectivity index (χ3n) is 6.55. The standard InChI is InChI=1S/C25H26N2O7S2/c1-13-12-26-23(35-13)17-10-18-21(11-20(17)34-8-4-7-33-3)36(31,32)14(2)16-9-19(25(29)30)24(28)27(22(16)18)15-5-6-15/h9-12,14-15H,4-8H2,1-3H3,(H,29,30). The van der Waals surface area contributed by atoms with Gasteiger partial charge in [-0.15, -0.1) is 11.3 Å². The van der Waals surface area contributed by atoms with E-state index in [-0.39, 0.29) is 10.9 Å². The molecule has 3 aromatic rings. The zero-order valence-corrected chi connectivity index (χ0v) is 21.7. The highest BCUT2D eigenvalue weighted by molar-refractivity contribution is 7.92. The Morgan fingerprint density at radius 2 is 1.97 bits per heavy atom. The lowest BCUT2D eigenvalue weighted by molar-refractivity contribution is 0.0694. The van der Waals surface area contributed by atoms with E-state index in [1.165, 1.54) is 35.0 Å². The highest BCUT2D eigenvalue weighted by atomic mass is 32.2. The van der Waals surface area contributed by atoms with Gasteiger partial charge in [0.05, 0.1) is 28.0 Å². The summed E-state index contributed by atoms with van der Waals surface area (Å²) in [5.74, 6) is -0.979. The van der Waals surface area contributed by atoms with Crippen LogP contribution in [0, 0.1) is 6.92 Å². The van der Waals surface area contributed by atoms with Gasteiger partial charge in [0, 0.05) is 48.9 Å². The molecule has 0 radical (unpaired) electrons. The number of ether oxygens (including phenoxy) is 2. The number of rotatable bonds is 8. The van der Waals surface area contributed by atoms with Crippen LogP contribution in [0.4, 0.5) is 0 Å². The van der Waals surface area contributed by atoms with E-state index >= 15 is 0 Å². The van der Waals surface area contributed by atoms with Gasteiger partial charge >= 0.3 is 5.97 Å². The molecular weight excluding hydrogens is 504 g/mol. The van der Waals surface area contributed by atoms with Crippen LogP contribution in [0.3, 0.4) is 0 Å². The van der Waals surface area contributed by atoms with Crippen LogP contribution in [0.2, 0.25) is 0 Å². The summed E-state index contributed by atoms with van der Waals surface area (Å²) in [4.78, 5) is 30.6. The average molecular weight is 531 g/mol. The summed E-state index contributed by atoms with van der Waals surface area (Å²) in [7, 11) is -2.29. The Morgan fingerprint density at radius 1 is 1.22 bits per heavy atom. The Labute approximate surface area is 212 Å². The molecule has 2 aliphatic rings. The van der Waals surface area contributed by atoms with Gasteiger partial charge in [0.1, 0.15) is 16.3 Å². The third kappa shape index (κ3) is 4.04. The topological polar surface area (TPSA) is 125 Å². The van der Waals surface area contributed by atoms with Crippen LogP contribution in [0.15, 0.2) is 34.1 Å². The number of benzene rings is 1. The number of nitrogens with zero attached hydrogens (tertiary/aromatic N) is 2. The molecule has 36 heavy (non-hydrogen) atoms. The smallest absolute Gasteiger partial charge is 0.341 e. The fraction of sp³-hybridized carbons (Fsp3) is 0.400. The number of carbonyl (C=O) groups is 1. The van der Waals surface area contributed by atoms with Crippen LogP contribution < -0.4 is 10.3 Å². The van der Waals surface area contributed by atoms with Gasteiger partial charge in [-0.25, -0.2) is 18.2 Å². The number of sulfone groups is 1. The summed E-state index contributed by atoms with van der Waals surface area (Å²) >= 11 is 1.45. The van der Waals surface area contributed by atoms with Crippen LogP contribution in [-0.4, -0.2) is 49.4 Å².